The quantitative estimate of drug-likeness (QED) is 0.772. The number of hydrogen-bond acceptors (Lipinski definition) is 2. The molecule has 88 valence electrons. The zero-order valence-corrected chi connectivity index (χ0v) is 10.3. The molecule has 0 aromatic heterocycles. The highest BCUT2D eigenvalue weighted by molar-refractivity contribution is 4.94. The summed E-state index contributed by atoms with van der Waals surface area (Å²) in [6.45, 7) is 7.24. The van der Waals surface area contributed by atoms with Gasteiger partial charge in [0.1, 0.15) is 0 Å². The van der Waals surface area contributed by atoms with Crippen LogP contribution in [-0.2, 0) is 0 Å². The minimum Gasteiger partial charge on any atom is -0.325 e. The monoisotopic (exact) mass is 210 g/mol. The summed E-state index contributed by atoms with van der Waals surface area (Å²) in [6, 6.07) is 0.827. The Balaban J connectivity index is 1.78. The van der Waals surface area contributed by atoms with Crippen LogP contribution in [0, 0.1) is 5.92 Å². The second-order valence-corrected chi connectivity index (χ2v) is 5.96. The molecule has 1 saturated carbocycles. The van der Waals surface area contributed by atoms with E-state index >= 15 is 0 Å². The molecule has 2 fully saturated rings. The smallest absolute Gasteiger partial charge is 0.0166 e. The molecule has 2 aliphatic rings. The molecule has 2 heteroatoms. The Kier molecular flexibility index (Phi) is 3.36. The van der Waals surface area contributed by atoms with E-state index in [4.69, 9.17) is 5.73 Å². The fraction of sp³-hybridized carbons (Fsp3) is 1.00. The molecule has 2 rings (SSSR count). The predicted molar refractivity (Wildman–Crippen MR) is 64.8 cm³/mol. The first-order chi connectivity index (χ1) is 7.11. The van der Waals surface area contributed by atoms with Gasteiger partial charge in [-0.3, -0.25) is 0 Å². The van der Waals surface area contributed by atoms with Gasteiger partial charge in [0.05, 0.1) is 0 Å². The van der Waals surface area contributed by atoms with Crippen molar-refractivity contribution in [2.45, 2.75) is 64.0 Å². The molecule has 1 aliphatic heterocycles. The summed E-state index contributed by atoms with van der Waals surface area (Å²) in [6.07, 6.45) is 7.87. The molecular weight excluding hydrogens is 184 g/mol. The molecule has 0 aromatic rings. The molecule has 0 bridgehead atoms. The molecule has 0 spiro atoms. The van der Waals surface area contributed by atoms with Crippen LogP contribution in [0.2, 0.25) is 0 Å². The van der Waals surface area contributed by atoms with Crippen LogP contribution in [0.5, 0.6) is 0 Å². The average Bonchev–Trinajstić information content (AvgIpc) is 2.59. The second kappa shape index (κ2) is 4.42. The van der Waals surface area contributed by atoms with Gasteiger partial charge in [0.2, 0.25) is 0 Å². The van der Waals surface area contributed by atoms with E-state index in [2.05, 4.69) is 18.7 Å². The summed E-state index contributed by atoms with van der Waals surface area (Å²) in [7, 11) is 0. The molecule has 0 radical (unpaired) electrons. The highest BCUT2D eigenvalue weighted by Crippen LogP contribution is 2.33. The van der Waals surface area contributed by atoms with Gasteiger partial charge >= 0.3 is 0 Å². The Hall–Kier alpha value is -0.0800. The van der Waals surface area contributed by atoms with Crippen molar-refractivity contribution in [3.05, 3.63) is 0 Å². The zero-order chi connectivity index (χ0) is 10.9. The minimum atomic E-state index is 0.212. The van der Waals surface area contributed by atoms with Crippen LogP contribution in [0.3, 0.4) is 0 Å². The second-order valence-electron chi connectivity index (χ2n) is 5.96. The van der Waals surface area contributed by atoms with Crippen LogP contribution >= 0.6 is 0 Å². The van der Waals surface area contributed by atoms with E-state index in [0.29, 0.717) is 0 Å². The lowest BCUT2D eigenvalue weighted by atomic mass is 9.75. The first-order valence-electron chi connectivity index (χ1n) is 6.64. The maximum atomic E-state index is 6.28. The van der Waals surface area contributed by atoms with Gasteiger partial charge in [0.25, 0.3) is 0 Å². The van der Waals surface area contributed by atoms with E-state index in [1.165, 1.54) is 51.6 Å². The Morgan fingerprint density at radius 1 is 1.33 bits per heavy atom. The van der Waals surface area contributed by atoms with Gasteiger partial charge in [-0.15, -0.1) is 0 Å². The van der Waals surface area contributed by atoms with Crippen LogP contribution in [0.25, 0.3) is 0 Å². The van der Waals surface area contributed by atoms with Crippen LogP contribution in [0.4, 0.5) is 0 Å². The summed E-state index contributed by atoms with van der Waals surface area (Å²) < 4.78 is 0. The van der Waals surface area contributed by atoms with E-state index in [0.717, 1.165) is 12.0 Å². The van der Waals surface area contributed by atoms with Gasteiger partial charge in [-0.2, -0.15) is 0 Å². The van der Waals surface area contributed by atoms with Crippen molar-refractivity contribution in [2.24, 2.45) is 11.7 Å². The van der Waals surface area contributed by atoms with Crippen molar-refractivity contribution in [3.63, 3.8) is 0 Å². The van der Waals surface area contributed by atoms with E-state index in [1.54, 1.807) is 0 Å². The zero-order valence-electron chi connectivity index (χ0n) is 10.3. The largest absolute Gasteiger partial charge is 0.325 e. The number of hydrogen-bond donors (Lipinski definition) is 1. The number of nitrogens with zero attached hydrogens (tertiary/aromatic N) is 1. The third-order valence-electron chi connectivity index (χ3n) is 4.43. The maximum absolute atomic E-state index is 6.28. The number of rotatable bonds is 4. The van der Waals surface area contributed by atoms with E-state index in [1.807, 2.05) is 0 Å². The van der Waals surface area contributed by atoms with Gasteiger partial charge < -0.3 is 10.6 Å². The van der Waals surface area contributed by atoms with Crippen molar-refractivity contribution in [1.29, 1.82) is 0 Å². The SMILES string of the molecule is CC(C)C1CCCN1CCC1(N)CCC1. The molecule has 0 aromatic carbocycles. The van der Waals surface area contributed by atoms with Crippen LogP contribution in [-0.4, -0.2) is 29.6 Å². The van der Waals surface area contributed by atoms with Gasteiger partial charge in [0.15, 0.2) is 0 Å². The van der Waals surface area contributed by atoms with Crippen LogP contribution in [0.15, 0.2) is 0 Å². The summed E-state index contributed by atoms with van der Waals surface area (Å²) in [5, 5.41) is 0. The van der Waals surface area contributed by atoms with Crippen LogP contribution in [0.1, 0.15) is 52.4 Å². The fourth-order valence-electron chi connectivity index (χ4n) is 3.13. The standard InChI is InChI=1S/C13H26N2/c1-11(2)12-5-3-9-15(12)10-8-13(14)6-4-7-13/h11-12H,3-10,14H2,1-2H3. The highest BCUT2D eigenvalue weighted by Gasteiger charge is 2.34. The van der Waals surface area contributed by atoms with Crippen molar-refractivity contribution in [3.8, 4) is 0 Å². The summed E-state index contributed by atoms with van der Waals surface area (Å²) >= 11 is 0. The number of nitrogens with two attached hydrogens (primary N) is 1. The first kappa shape index (κ1) is 11.4. The molecular formula is C13H26N2. The van der Waals surface area contributed by atoms with E-state index < -0.39 is 0 Å². The lowest BCUT2D eigenvalue weighted by molar-refractivity contribution is 0.154. The third kappa shape index (κ3) is 2.54. The molecule has 15 heavy (non-hydrogen) atoms. The van der Waals surface area contributed by atoms with Crippen molar-refractivity contribution in [2.75, 3.05) is 13.1 Å². The Labute approximate surface area is 94.2 Å². The van der Waals surface area contributed by atoms with E-state index in [9.17, 15) is 0 Å². The molecule has 1 saturated heterocycles. The van der Waals surface area contributed by atoms with Gasteiger partial charge in [0, 0.05) is 18.1 Å². The van der Waals surface area contributed by atoms with E-state index in [-0.39, 0.29) is 5.54 Å². The molecule has 1 atom stereocenters. The van der Waals surface area contributed by atoms with Crippen molar-refractivity contribution >= 4 is 0 Å². The molecule has 1 aliphatic carbocycles. The Bertz CT molecular complexity index is 209. The van der Waals surface area contributed by atoms with Gasteiger partial charge in [-0.25, -0.2) is 0 Å². The fourth-order valence-corrected chi connectivity index (χ4v) is 3.13. The lowest BCUT2D eigenvalue weighted by Gasteiger charge is -2.40. The molecule has 0 amide bonds. The minimum absolute atomic E-state index is 0.212. The maximum Gasteiger partial charge on any atom is 0.0166 e. The highest BCUT2D eigenvalue weighted by atomic mass is 15.2. The summed E-state index contributed by atoms with van der Waals surface area (Å²) in [5.74, 6) is 0.808. The molecule has 1 unspecified atom stereocenters. The Morgan fingerprint density at radius 2 is 2.07 bits per heavy atom. The van der Waals surface area contributed by atoms with Gasteiger partial charge in [-0.1, -0.05) is 13.8 Å². The topological polar surface area (TPSA) is 29.3 Å². The van der Waals surface area contributed by atoms with Crippen molar-refractivity contribution < 1.29 is 0 Å². The summed E-state index contributed by atoms with van der Waals surface area (Å²) in [5.41, 5.74) is 6.49. The molecule has 2 N–H and O–H groups in total. The summed E-state index contributed by atoms with van der Waals surface area (Å²) in [4.78, 5) is 2.68. The lowest BCUT2D eigenvalue weighted by Crippen LogP contribution is -2.49. The third-order valence-corrected chi connectivity index (χ3v) is 4.43. The van der Waals surface area contributed by atoms with Gasteiger partial charge in [-0.05, 0) is 51.0 Å². The molecule has 1 heterocycles. The van der Waals surface area contributed by atoms with Crippen molar-refractivity contribution in [1.82, 2.24) is 4.90 Å². The molecule has 2 nitrogen and oxygen atoms in total. The van der Waals surface area contributed by atoms with Crippen LogP contribution < -0.4 is 5.73 Å². The Morgan fingerprint density at radius 3 is 2.60 bits per heavy atom. The average molecular weight is 210 g/mol. The normalized spacial score (nSPS) is 30.8. The first-order valence-corrected chi connectivity index (χ1v) is 6.64. The number of likely N-dealkylation sites (tertiary alicyclic amines) is 1. The predicted octanol–water partition coefficient (Wildman–Crippen LogP) is 2.38.